The van der Waals surface area contributed by atoms with Crippen LogP contribution in [-0.2, 0) is 19.6 Å². The Morgan fingerprint density at radius 1 is 0.966 bits per heavy atom. The lowest BCUT2D eigenvalue weighted by Crippen LogP contribution is -2.34. The van der Waals surface area contributed by atoms with Crippen LogP contribution in [0.4, 0.5) is 0 Å². The molecular formula is C20H21NO7S. The molecule has 154 valence electrons. The van der Waals surface area contributed by atoms with Crippen molar-refractivity contribution in [3.63, 3.8) is 0 Å². The van der Waals surface area contributed by atoms with E-state index >= 15 is 0 Å². The summed E-state index contributed by atoms with van der Waals surface area (Å²) < 4.78 is 41.6. The number of carbonyl (C=O) groups excluding carboxylic acids is 2. The quantitative estimate of drug-likeness (QED) is 0.575. The van der Waals surface area contributed by atoms with Gasteiger partial charge in [-0.3, -0.25) is 4.79 Å². The largest absolute Gasteiger partial charge is 0.490 e. The first-order valence-electron chi connectivity index (χ1n) is 9.11. The highest BCUT2D eigenvalue weighted by Gasteiger charge is 2.40. The summed E-state index contributed by atoms with van der Waals surface area (Å²) in [6, 6.07) is 12.9. The van der Waals surface area contributed by atoms with E-state index in [9.17, 15) is 18.0 Å². The highest BCUT2D eigenvalue weighted by atomic mass is 32.2. The van der Waals surface area contributed by atoms with E-state index in [0.717, 1.165) is 6.42 Å². The minimum atomic E-state index is -3.92. The van der Waals surface area contributed by atoms with Gasteiger partial charge in [0.05, 0.1) is 18.7 Å². The lowest BCUT2D eigenvalue weighted by Gasteiger charge is -2.15. The standard InChI is InChI=1S/C20H21NO7S/c1-2-12-26-16-8-4-5-9-17(16)28-14-19(22)27-13-11-21-20(23)15-7-3-6-10-18(15)29(21,24)25/h3-10H,2,11-14H2,1H3. The Morgan fingerprint density at radius 3 is 2.31 bits per heavy atom. The smallest absolute Gasteiger partial charge is 0.344 e. The average molecular weight is 419 g/mol. The second kappa shape index (κ2) is 8.95. The molecule has 3 rings (SSSR count). The molecule has 2 aromatic rings. The van der Waals surface area contributed by atoms with Gasteiger partial charge in [-0.2, -0.15) is 0 Å². The van der Waals surface area contributed by atoms with Crippen LogP contribution in [0.15, 0.2) is 53.4 Å². The van der Waals surface area contributed by atoms with E-state index in [0.29, 0.717) is 22.4 Å². The number of ether oxygens (including phenoxy) is 3. The van der Waals surface area contributed by atoms with Gasteiger partial charge in [-0.15, -0.1) is 0 Å². The number of fused-ring (bicyclic) bond motifs is 1. The number of benzene rings is 2. The lowest BCUT2D eigenvalue weighted by atomic mass is 10.2. The van der Waals surface area contributed by atoms with E-state index in [1.807, 2.05) is 6.92 Å². The van der Waals surface area contributed by atoms with Crippen molar-refractivity contribution in [3.8, 4) is 11.5 Å². The van der Waals surface area contributed by atoms with E-state index in [-0.39, 0.29) is 30.2 Å². The van der Waals surface area contributed by atoms with Crippen molar-refractivity contribution in [1.82, 2.24) is 4.31 Å². The Hall–Kier alpha value is -3.07. The molecule has 1 heterocycles. The van der Waals surface area contributed by atoms with Gasteiger partial charge < -0.3 is 14.2 Å². The van der Waals surface area contributed by atoms with Gasteiger partial charge in [0.1, 0.15) is 11.5 Å². The Balaban J connectivity index is 1.51. The monoisotopic (exact) mass is 419 g/mol. The van der Waals surface area contributed by atoms with Gasteiger partial charge in [0.25, 0.3) is 15.9 Å². The molecule has 0 N–H and O–H groups in total. The fourth-order valence-corrected chi connectivity index (χ4v) is 4.33. The summed E-state index contributed by atoms with van der Waals surface area (Å²) in [7, 11) is -3.92. The second-order valence-electron chi connectivity index (χ2n) is 6.18. The molecule has 1 aliphatic heterocycles. The lowest BCUT2D eigenvalue weighted by molar-refractivity contribution is -0.146. The molecule has 0 saturated heterocycles. The minimum Gasteiger partial charge on any atom is -0.490 e. The van der Waals surface area contributed by atoms with Gasteiger partial charge in [0.2, 0.25) is 0 Å². The van der Waals surface area contributed by atoms with E-state index in [4.69, 9.17) is 14.2 Å². The highest BCUT2D eigenvalue weighted by molar-refractivity contribution is 7.90. The number of sulfonamides is 1. The van der Waals surface area contributed by atoms with Gasteiger partial charge in [0.15, 0.2) is 18.1 Å². The second-order valence-corrected chi connectivity index (χ2v) is 8.01. The van der Waals surface area contributed by atoms with Crippen molar-refractivity contribution < 1.29 is 32.2 Å². The van der Waals surface area contributed by atoms with Crippen molar-refractivity contribution in [2.75, 3.05) is 26.4 Å². The zero-order chi connectivity index (χ0) is 20.9. The summed E-state index contributed by atoms with van der Waals surface area (Å²) in [6.07, 6.45) is 0.832. The normalized spacial score (nSPS) is 14.4. The SMILES string of the molecule is CCCOc1ccccc1OCC(=O)OCCN1C(=O)c2ccccc2S1(=O)=O. The maximum atomic E-state index is 12.4. The summed E-state index contributed by atoms with van der Waals surface area (Å²) in [6.45, 7) is 1.59. The number of carbonyl (C=O) groups is 2. The topological polar surface area (TPSA) is 99.2 Å². The van der Waals surface area contributed by atoms with Crippen molar-refractivity contribution in [2.45, 2.75) is 18.2 Å². The first-order valence-corrected chi connectivity index (χ1v) is 10.6. The summed E-state index contributed by atoms with van der Waals surface area (Å²) in [5.41, 5.74) is 0.117. The van der Waals surface area contributed by atoms with Gasteiger partial charge in [-0.1, -0.05) is 31.2 Å². The average Bonchev–Trinajstić information content (AvgIpc) is 2.92. The fraction of sp³-hybridized carbons (Fsp3) is 0.300. The van der Waals surface area contributed by atoms with Crippen molar-refractivity contribution >= 4 is 21.9 Å². The first kappa shape index (κ1) is 20.7. The zero-order valence-electron chi connectivity index (χ0n) is 15.9. The van der Waals surface area contributed by atoms with Crippen LogP contribution in [0.3, 0.4) is 0 Å². The van der Waals surface area contributed by atoms with Gasteiger partial charge >= 0.3 is 5.97 Å². The molecule has 0 fully saturated rings. The number of nitrogens with zero attached hydrogens (tertiary/aromatic N) is 1. The zero-order valence-corrected chi connectivity index (χ0v) is 16.7. The number of hydrogen-bond donors (Lipinski definition) is 0. The van der Waals surface area contributed by atoms with Gasteiger partial charge in [-0.05, 0) is 30.7 Å². The molecule has 0 aliphatic carbocycles. The third-order valence-corrected chi connectivity index (χ3v) is 5.97. The molecule has 29 heavy (non-hydrogen) atoms. The number of hydrogen-bond acceptors (Lipinski definition) is 7. The summed E-state index contributed by atoms with van der Waals surface area (Å²) in [5.74, 6) is -0.383. The van der Waals surface area contributed by atoms with E-state index in [1.165, 1.54) is 12.1 Å². The minimum absolute atomic E-state index is 0.0386. The van der Waals surface area contributed by atoms with E-state index in [1.54, 1.807) is 36.4 Å². The summed E-state index contributed by atoms with van der Waals surface area (Å²) in [4.78, 5) is 24.2. The first-order chi connectivity index (χ1) is 13.9. The van der Waals surface area contributed by atoms with Crippen LogP contribution in [0.2, 0.25) is 0 Å². The van der Waals surface area contributed by atoms with Crippen LogP contribution in [-0.4, -0.2) is 51.0 Å². The maximum Gasteiger partial charge on any atom is 0.344 e. The highest BCUT2D eigenvalue weighted by Crippen LogP contribution is 2.29. The van der Waals surface area contributed by atoms with Crippen LogP contribution >= 0.6 is 0 Å². The van der Waals surface area contributed by atoms with Gasteiger partial charge in [0, 0.05) is 0 Å². The van der Waals surface area contributed by atoms with Crippen LogP contribution in [0.25, 0.3) is 0 Å². The Bertz CT molecular complexity index is 1000. The van der Waals surface area contributed by atoms with E-state index < -0.39 is 21.9 Å². The third-order valence-electron chi connectivity index (χ3n) is 4.13. The molecular weight excluding hydrogens is 398 g/mol. The molecule has 1 aliphatic rings. The molecule has 0 saturated carbocycles. The summed E-state index contributed by atoms with van der Waals surface area (Å²) >= 11 is 0. The number of esters is 1. The molecule has 9 heteroatoms. The summed E-state index contributed by atoms with van der Waals surface area (Å²) in [5, 5.41) is 0. The van der Waals surface area contributed by atoms with Crippen molar-refractivity contribution in [1.29, 1.82) is 0 Å². The molecule has 0 unspecified atom stereocenters. The molecule has 0 spiro atoms. The molecule has 8 nitrogen and oxygen atoms in total. The molecule has 0 bridgehead atoms. The third kappa shape index (κ3) is 4.51. The van der Waals surface area contributed by atoms with Crippen LogP contribution < -0.4 is 9.47 Å². The van der Waals surface area contributed by atoms with E-state index in [2.05, 4.69) is 0 Å². The Kier molecular flexibility index (Phi) is 6.38. The molecule has 0 aromatic heterocycles. The predicted molar refractivity (Wildman–Crippen MR) is 103 cm³/mol. The van der Waals surface area contributed by atoms with Crippen molar-refractivity contribution in [3.05, 3.63) is 54.1 Å². The number of rotatable bonds is 9. The fourth-order valence-electron chi connectivity index (χ4n) is 2.77. The molecule has 0 radical (unpaired) electrons. The molecule has 0 atom stereocenters. The van der Waals surface area contributed by atoms with Gasteiger partial charge in [-0.25, -0.2) is 17.5 Å². The van der Waals surface area contributed by atoms with Crippen LogP contribution in [0, 0.1) is 0 Å². The molecule has 2 aromatic carbocycles. The molecule has 1 amide bonds. The Morgan fingerprint density at radius 2 is 1.62 bits per heavy atom. The van der Waals surface area contributed by atoms with Crippen LogP contribution in [0.5, 0.6) is 11.5 Å². The maximum absolute atomic E-state index is 12.4. The van der Waals surface area contributed by atoms with Crippen LogP contribution in [0.1, 0.15) is 23.7 Å². The predicted octanol–water partition coefficient (Wildman–Crippen LogP) is 2.24. The van der Waals surface area contributed by atoms with Crippen molar-refractivity contribution in [2.24, 2.45) is 0 Å². The number of para-hydroxylation sites is 2. The number of amides is 1. The Labute approximate surface area is 169 Å².